The van der Waals surface area contributed by atoms with Gasteiger partial charge in [0.25, 0.3) is 5.56 Å². The van der Waals surface area contributed by atoms with Crippen molar-refractivity contribution in [3.05, 3.63) is 82.3 Å². The van der Waals surface area contributed by atoms with E-state index in [1.165, 1.54) is 32.1 Å². The van der Waals surface area contributed by atoms with Crippen LogP contribution in [0.2, 0.25) is 0 Å². The summed E-state index contributed by atoms with van der Waals surface area (Å²) in [6, 6.07) is 18.3. The van der Waals surface area contributed by atoms with Crippen LogP contribution >= 0.6 is 0 Å². The third-order valence-electron chi connectivity index (χ3n) is 6.20. The lowest BCUT2D eigenvalue weighted by Gasteiger charge is -2.20. The highest BCUT2D eigenvalue weighted by Crippen LogP contribution is 2.27. The van der Waals surface area contributed by atoms with E-state index in [-0.39, 0.29) is 11.6 Å². The second kappa shape index (κ2) is 8.79. The molecule has 2 aromatic carbocycles. The van der Waals surface area contributed by atoms with Gasteiger partial charge in [0.1, 0.15) is 0 Å². The Kier molecular flexibility index (Phi) is 5.96. The van der Waals surface area contributed by atoms with E-state index in [9.17, 15) is 4.79 Å². The van der Waals surface area contributed by atoms with Crippen LogP contribution in [0.15, 0.2) is 65.5 Å². The molecule has 1 aliphatic rings. The van der Waals surface area contributed by atoms with Crippen LogP contribution in [0.3, 0.4) is 0 Å². The Bertz CT molecular complexity index is 1060. The fourth-order valence-electron chi connectivity index (χ4n) is 4.42. The average Bonchev–Trinajstić information content (AvgIpc) is 2.78. The molecule has 0 radical (unpaired) electrons. The van der Waals surface area contributed by atoms with Gasteiger partial charge in [0.15, 0.2) is 0 Å². The van der Waals surface area contributed by atoms with Gasteiger partial charge >= 0.3 is 0 Å². The molecule has 150 valence electrons. The van der Waals surface area contributed by atoms with Crippen LogP contribution in [-0.2, 0) is 0 Å². The summed E-state index contributed by atoms with van der Waals surface area (Å²) in [6.07, 6.45) is 11.0. The van der Waals surface area contributed by atoms with Gasteiger partial charge in [-0.25, -0.2) is 0 Å². The molecule has 29 heavy (non-hydrogen) atoms. The van der Waals surface area contributed by atoms with Crippen LogP contribution in [0.1, 0.15) is 56.3 Å². The van der Waals surface area contributed by atoms with Crippen LogP contribution in [-0.4, -0.2) is 11.6 Å². The number of aromatic nitrogens is 1. The number of pyridine rings is 1. The summed E-state index contributed by atoms with van der Waals surface area (Å²) in [6.45, 7) is 2.09. The Morgan fingerprint density at radius 1 is 1.03 bits per heavy atom. The van der Waals surface area contributed by atoms with Gasteiger partial charge in [-0.3, -0.25) is 9.36 Å². The zero-order valence-corrected chi connectivity index (χ0v) is 17.4. The van der Waals surface area contributed by atoms with Crippen molar-refractivity contribution in [1.29, 1.82) is 0 Å². The molecule has 0 bridgehead atoms. The highest BCUT2D eigenvalue weighted by Gasteiger charge is 2.17. The first kappa shape index (κ1) is 19.7. The zero-order chi connectivity index (χ0) is 20.2. The fourth-order valence-corrected chi connectivity index (χ4v) is 4.42. The van der Waals surface area contributed by atoms with E-state index < -0.39 is 0 Å². The molecule has 0 saturated heterocycles. The van der Waals surface area contributed by atoms with E-state index in [1.807, 2.05) is 41.9 Å². The number of nitrogens with zero attached hydrogens (tertiary/aromatic N) is 1. The van der Waals surface area contributed by atoms with Gasteiger partial charge in [-0.15, -0.1) is 0 Å². The van der Waals surface area contributed by atoms with Crippen molar-refractivity contribution in [1.82, 2.24) is 9.88 Å². The Labute approximate surface area is 173 Å². The first-order valence-electron chi connectivity index (χ1n) is 10.8. The highest BCUT2D eigenvalue weighted by atomic mass is 16.1. The number of allylic oxidation sites excluding steroid dienone is 1. The quantitative estimate of drug-likeness (QED) is 0.595. The van der Waals surface area contributed by atoms with Crippen LogP contribution in [0.25, 0.3) is 22.5 Å². The largest absolute Gasteiger partial charge is 0.312 e. The summed E-state index contributed by atoms with van der Waals surface area (Å²) in [5.41, 5.74) is 2.95. The highest BCUT2D eigenvalue weighted by molar-refractivity contribution is 5.90. The third kappa shape index (κ3) is 4.06. The molecule has 1 aliphatic carbocycles. The summed E-state index contributed by atoms with van der Waals surface area (Å²) in [4.78, 5) is 13.7. The summed E-state index contributed by atoms with van der Waals surface area (Å²) in [5, 5.41) is 5.10. The van der Waals surface area contributed by atoms with Gasteiger partial charge in [-0.1, -0.05) is 67.8 Å². The number of rotatable bonds is 5. The minimum atomic E-state index is 0.0506. The molecule has 1 fully saturated rings. The van der Waals surface area contributed by atoms with Crippen LogP contribution in [0.5, 0.6) is 0 Å². The molecule has 1 atom stereocenters. The fraction of sp³-hybridized carbons (Fsp3) is 0.346. The second-order valence-corrected chi connectivity index (χ2v) is 8.12. The predicted molar refractivity (Wildman–Crippen MR) is 123 cm³/mol. The van der Waals surface area contributed by atoms with E-state index in [0.29, 0.717) is 5.92 Å². The van der Waals surface area contributed by atoms with Crippen molar-refractivity contribution in [2.24, 2.45) is 5.92 Å². The molecule has 1 N–H and O–H groups in total. The smallest absolute Gasteiger partial charge is 0.263 e. The van der Waals surface area contributed by atoms with E-state index in [2.05, 4.69) is 48.7 Å². The Morgan fingerprint density at radius 2 is 1.79 bits per heavy atom. The number of hydrogen-bond donors (Lipinski definition) is 1. The van der Waals surface area contributed by atoms with Crippen LogP contribution < -0.4 is 10.9 Å². The number of para-hydroxylation sites is 1. The van der Waals surface area contributed by atoms with Crippen LogP contribution in [0.4, 0.5) is 0 Å². The molecule has 1 aromatic heterocycles. The third-order valence-corrected chi connectivity index (χ3v) is 6.20. The zero-order valence-electron chi connectivity index (χ0n) is 17.4. The summed E-state index contributed by atoms with van der Waals surface area (Å²) >= 11 is 0. The molecule has 4 rings (SSSR count). The molecule has 3 heteroatoms. The molecule has 1 unspecified atom stereocenters. The minimum Gasteiger partial charge on any atom is -0.312 e. The van der Waals surface area contributed by atoms with Gasteiger partial charge in [0.2, 0.25) is 0 Å². The summed E-state index contributed by atoms with van der Waals surface area (Å²) in [5.74, 6) is 0.638. The lowest BCUT2D eigenvalue weighted by molar-refractivity contribution is 0.420. The van der Waals surface area contributed by atoms with Crippen molar-refractivity contribution in [3.8, 4) is 5.69 Å². The molecule has 0 spiro atoms. The standard InChI is InChI=1S/C26H30N2O/c1-19(27-2)24-18-22-13-9-12-21(17-16-20-10-5-3-6-11-20)25(22)26(29)28(24)23-14-7-4-8-15-23/h4,7-9,12-20,27H,3,5-6,10-11H2,1-2H3/b17-16+. The van der Waals surface area contributed by atoms with E-state index in [4.69, 9.17) is 0 Å². The topological polar surface area (TPSA) is 34.0 Å². The first-order valence-corrected chi connectivity index (χ1v) is 10.8. The van der Waals surface area contributed by atoms with Crippen LogP contribution in [0, 0.1) is 5.92 Å². The van der Waals surface area contributed by atoms with E-state index in [0.717, 1.165) is 27.7 Å². The number of fused-ring (bicyclic) bond motifs is 1. The van der Waals surface area contributed by atoms with Crippen molar-refractivity contribution in [3.63, 3.8) is 0 Å². The summed E-state index contributed by atoms with van der Waals surface area (Å²) < 4.78 is 1.86. The molecular formula is C26H30N2O. The van der Waals surface area contributed by atoms with Gasteiger partial charge in [-0.05, 0) is 61.9 Å². The minimum absolute atomic E-state index is 0.0506. The molecule has 0 amide bonds. The molecular weight excluding hydrogens is 356 g/mol. The Hall–Kier alpha value is -2.65. The molecule has 3 aromatic rings. The van der Waals surface area contributed by atoms with Gasteiger partial charge in [-0.2, -0.15) is 0 Å². The SMILES string of the molecule is CNC(C)c1cc2cccc(/C=C/C3CCCCC3)c2c(=O)n1-c1ccccc1. The normalized spacial score (nSPS) is 16.5. The monoisotopic (exact) mass is 386 g/mol. The molecule has 0 aliphatic heterocycles. The first-order chi connectivity index (χ1) is 14.2. The number of nitrogens with one attached hydrogen (secondary N) is 1. The Morgan fingerprint density at radius 3 is 2.52 bits per heavy atom. The molecule has 1 saturated carbocycles. The van der Waals surface area contributed by atoms with Gasteiger partial charge in [0.05, 0.1) is 5.39 Å². The molecule has 1 heterocycles. The van der Waals surface area contributed by atoms with Crippen molar-refractivity contribution in [2.45, 2.75) is 45.1 Å². The number of hydrogen-bond acceptors (Lipinski definition) is 2. The van der Waals surface area contributed by atoms with Gasteiger partial charge in [0, 0.05) is 17.4 Å². The van der Waals surface area contributed by atoms with Gasteiger partial charge < -0.3 is 5.32 Å². The maximum Gasteiger partial charge on any atom is 0.263 e. The average molecular weight is 387 g/mol. The van der Waals surface area contributed by atoms with Crippen molar-refractivity contribution in [2.75, 3.05) is 7.05 Å². The van der Waals surface area contributed by atoms with Crippen molar-refractivity contribution < 1.29 is 0 Å². The lowest BCUT2D eigenvalue weighted by Crippen LogP contribution is -2.27. The molecule has 3 nitrogen and oxygen atoms in total. The lowest BCUT2D eigenvalue weighted by atomic mass is 9.88. The second-order valence-electron chi connectivity index (χ2n) is 8.12. The maximum atomic E-state index is 13.7. The van der Waals surface area contributed by atoms with Crippen molar-refractivity contribution >= 4 is 16.8 Å². The van der Waals surface area contributed by atoms with E-state index in [1.54, 1.807) is 0 Å². The maximum absolute atomic E-state index is 13.7. The Balaban J connectivity index is 1.90. The summed E-state index contributed by atoms with van der Waals surface area (Å²) in [7, 11) is 1.93. The number of benzene rings is 2. The van der Waals surface area contributed by atoms with E-state index >= 15 is 0 Å². The predicted octanol–water partition coefficient (Wildman–Crippen LogP) is 5.86.